The van der Waals surface area contributed by atoms with Gasteiger partial charge in [-0.25, -0.2) is 0 Å². The van der Waals surface area contributed by atoms with Crippen LogP contribution in [0.1, 0.15) is 49.9 Å². The second-order valence-electron chi connectivity index (χ2n) is 5.05. The molecule has 116 valence electrons. The highest BCUT2D eigenvalue weighted by molar-refractivity contribution is 6.34. The number of nitrogens with one attached hydrogen (secondary N) is 1. The van der Waals surface area contributed by atoms with E-state index in [-0.39, 0.29) is 22.2 Å². The lowest BCUT2D eigenvalue weighted by Gasteiger charge is -2.15. The van der Waals surface area contributed by atoms with Crippen LogP contribution < -0.4 is 5.32 Å². The highest BCUT2D eigenvalue weighted by Crippen LogP contribution is 2.22. The van der Waals surface area contributed by atoms with Crippen LogP contribution >= 0.6 is 11.6 Å². The van der Waals surface area contributed by atoms with Crippen molar-refractivity contribution in [2.24, 2.45) is 5.92 Å². The van der Waals surface area contributed by atoms with Gasteiger partial charge >= 0.3 is 0 Å². The van der Waals surface area contributed by atoms with Gasteiger partial charge in [0.25, 0.3) is 11.6 Å². The SMILES string of the molecule is CCCC[C@@H](CC)CNC(=O)c1ccc([N+](=O)[O-])cc1Cl. The largest absolute Gasteiger partial charge is 0.352 e. The van der Waals surface area contributed by atoms with Gasteiger partial charge in [0.15, 0.2) is 0 Å². The highest BCUT2D eigenvalue weighted by Gasteiger charge is 2.15. The maximum atomic E-state index is 12.1. The summed E-state index contributed by atoms with van der Waals surface area (Å²) in [4.78, 5) is 22.2. The van der Waals surface area contributed by atoms with Crippen LogP contribution in [0.4, 0.5) is 5.69 Å². The van der Waals surface area contributed by atoms with Crippen molar-refractivity contribution in [3.05, 3.63) is 38.9 Å². The molecular formula is C15H21ClN2O3. The van der Waals surface area contributed by atoms with Gasteiger partial charge in [0, 0.05) is 18.7 Å². The number of nitro groups is 1. The molecule has 6 heteroatoms. The summed E-state index contributed by atoms with van der Waals surface area (Å²) in [5.41, 5.74) is 0.151. The van der Waals surface area contributed by atoms with Crippen LogP contribution in [-0.4, -0.2) is 17.4 Å². The third-order valence-electron chi connectivity index (χ3n) is 3.50. The smallest absolute Gasteiger partial charge is 0.270 e. The summed E-state index contributed by atoms with van der Waals surface area (Å²) >= 11 is 5.94. The number of amides is 1. The molecule has 1 aromatic rings. The summed E-state index contributed by atoms with van der Waals surface area (Å²) in [6.45, 7) is 4.84. The third-order valence-corrected chi connectivity index (χ3v) is 3.82. The molecule has 1 atom stereocenters. The summed E-state index contributed by atoms with van der Waals surface area (Å²) in [5, 5.41) is 13.6. The summed E-state index contributed by atoms with van der Waals surface area (Å²) in [7, 11) is 0. The van der Waals surface area contributed by atoms with E-state index < -0.39 is 4.92 Å². The standard InChI is InChI=1S/C15H21ClN2O3/c1-3-5-6-11(4-2)10-17-15(19)13-8-7-12(18(20)21)9-14(13)16/h7-9,11H,3-6,10H2,1-2H3,(H,17,19)/t11-/m1/s1. The van der Waals surface area contributed by atoms with Gasteiger partial charge in [0.2, 0.25) is 0 Å². The van der Waals surface area contributed by atoms with Crippen molar-refractivity contribution in [3.8, 4) is 0 Å². The number of benzene rings is 1. The Hall–Kier alpha value is -1.62. The van der Waals surface area contributed by atoms with E-state index in [1.165, 1.54) is 18.2 Å². The Kier molecular flexibility index (Phi) is 7.15. The van der Waals surface area contributed by atoms with Crippen molar-refractivity contribution in [2.75, 3.05) is 6.54 Å². The predicted octanol–water partition coefficient (Wildman–Crippen LogP) is 4.19. The van der Waals surface area contributed by atoms with Gasteiger partial charge in [-0.05, 0) is 18.4 Å². The number of nitrogens with zero attached hydrogens (tertiary/aromatic N) is 1. The Balaban J connectivity index is 2.65. The molecule has 0 heterocycles. The second-order valence-corrected chi connectivity index (χ2v) is 5.45. The highest BCUT2D eigenvalue weighted by atomic mass is 35.5. The molecule has 0 aliphatic rings. The zero-order valence-electron chi connectivity index (χ0n) is 12.4. The number of hydrogen-bond donors (Lipinski definition) is 1. The normalized spacial score (nSPS) is 12.0. The number of rotatable bonds is 8. The van der Waals surface area contributed by atoms with E-state index in [4.69, 9.17) is 11.6 Å². The molecule has 1 rings (SSSR count). The first-order valence-electron chi connectivity index (χ1n) is 7.21. The monoisotopic (exact) mass is 312 g/mol. The fraction of sp³-hybridized carbons (Fsp3) is 0.533. The van der Waals surface area contributed by atoms with Crippen LogP contribution in [0.3, 0.4) is 0 Å². The van der Waals surface area contributed by atoms with Gasteiger partial charge in [-0.1, -0.05) is 44.7 Å². The van der Waals surface area contributed by atoms with Gasteiger partial charge in [-0.15, -0.1) is 0 Å². The summed E-state index contributed by atoms with van der Waals surface area (Å²) < 4.78 is 0. The number of hydrogen-bond acceptors (Lipinski definition) is 3. The van der Waals surface area contributed by atoms with Crippen molar-refractivity contribution in [1.82, 2.24) is 5.32 Å². The molecule has 21 heavy (non-hydrogen) atoms. The van der Waals surface area contributed by atoms with E-state index in [1.54, 1.807) is 0 Å². The van der Waals surface area contributed by atoms with Crippen LogP contribution in [0.5, 0.6) is 0 Å². The molecule has 5 nitrogen and oxygen atoms in total. The number of carbonyl (C=O) groups is 1. The first-order valence-corrected chi connectivity index (χ1v) is 7.59. The Morgan fingerprint density at radius 3 is 2.67 bits per heavy atom. The summed E-state index contributed by atoms with van der Waals surface area (Å²) in [5.74, 6) is 0.163. The minimum absolute atomic E-state index is 0.100. The molecular weight excluding hydrogens is 292 g/mol. The lowest BCUT2D eigenvalue weighted by atomic mass is 9.99. The average Bonchev–Trinajstić information content (AvgIpc) is 2.46. The molecule has 1 amide bonds. The number of nitro benzene ring substituents is 1. The van der Waals surface area contributed by atoms with E-state index >= 15 is 0 Å². The zero-order chi connectivity index (χ0) is 15.8. The number of unbranched alkanes of at least 4 members (excludes halogenated alkanes) is 1. The molecule has 0 radical (unpaired) electrons. The molecule has 0 aliphatic heterocycles. The lowest BCUT2D eigenvalue weighted by Crippen LogP contribution is -2.29. The van der Waals surface area contributed by atoms with Crippen LogP contribution in [-0.2, 0) is 0 Å². The third kappa shape index (κ3) is 5.34. The number of carbonyl (C=O) groups excluding carboxylic acids is 1. The Bertz CT molecular complexity index is 506. The molecule has 0 aliphatic carbocycles. The molecule has 0 bridgehead atoms. The van der Waals surface area contributed by atoms with E-state index in [0.717, 1.165) is 25.7 Å². The Morgan fingerprint density at radius 2 is 2.14 bits per heavy atom. The predicted molar refractivity (Wildman–Crippen MR) is 83.7 cm³/mol. The zero-order valence-corrected chi connectivity index (χ0v) is 13.2. The molecule has 0 saturated carbocycles. The molecule has 0 aromatic heterocycles. The van der Waals surface area contributed by atoms with Crippen LogP contribution in [0.25, 0.3) is 0 Å². The first-order chi connectivity index (χ1) is 9.99. The lowest BCUT2D eigenvalue weighted by molar-refractivity contribution is -0.384. The van der Waals surface area contributed by atoms with Gasteiger partial charge in [0.05, 0.1) is 15.5 Å². The fourth-order valence-electron chi connectivity index (χ4n) is 2.08. The second kappa shape index (κ2) is 8.62. The maximum Gasteiger partial charge on any atom is 0.270 e. The molecule has 1 aromatic carbocycles. The van der Waals surface area contributed by atoms with Gasteiger partial charge in [0.1, 0.15) is 0 Å². The van der Waals surface area contributed by atoms with Gasteiger partial charge in [-0.2, -0.15) is 0 Å². The molecule has 0 unspecified atom stereocenters. The van der Waals surface area contributed by atoms with Crippen LogP contribution in [0.15, 0.2) is 18.2 Å². The fourth-order valence-corrected chi connectivity index (χ4v) is 2.34. The summed E-state index contributed by atoms with van der Waals surface area (Å²) in [6, 6.07) is 3.88. The van der Waals surface area contributed by atoms with Crippen LogP contribution in [0.2, 0.25) is 5.02 Å². The minimum atomic E-state index is -0.536. The van der Waals surface area contributed by atoms with Gasteiger partial charge in [-0.3, -0.25) is 14.9 Å². The van der Waals surface area contributed by atoms with Crippen molar-refractivity contribution >= 4 is 23.2 Å². The average molecular weight is 313 g/mol. The van der Waals surface area contributed by atoms with Gasteiger partial charge < -0.3 is 5.32 Å². The Labute approximate surface area is 129 Å². The van der Waals surface area contributed by atoms with Crippen molar-refractivity contribution in [3.63, 3.8) is 0 Å². The topological polar surface area (TPSA) is 72.2 Å². The van der Waals surface area contributed by atoms with Crippen molar-refractivity contribution in [1.29, 1.82) is 0 Å². The number of non-ortho nitro benzene ring substituents is 1. The van der Waals surface area contributed by atoms with E-state index in [2.05, 4.69) is 19.2 Å². The van der Waals surface area contributed by atoms with E-state index in [0.29, 0.717) is 12.5 Å². The van der Waals surface area contributed by atoms with E-state index in [9.17, 15) is 14.9 Å². The number of halogens is 1. The molecule has 0 fully saturated rings. The molecule has 0 spiro atoms. The van der Waals surface area contributed by atoms with E-state index in [1.807, 2.05) is 0 Å². The Morgan fingerprint density at radius 1 is 1.43 bits per heavy atom. The minimum Gasteiger partial charge on any atom is -0.352 e. The van der Waals surface area contributed by atoms with Crippen molar-refractivity contribution < 1.29 is 9.72 Å². The first kappa shape index (κ1) is 17.4. The summed E-state index contributed by atoms with van der Waals surface area (Å²) in [6.07, 6.45) is 4.38. The van der Waals surface area contributed by atoms with Crippen LogP contribution in [0, 0.1) is 16.0 Å². The molecule has 0 saturated heterocycles. The molecule has 1 N–H and O–H groups in total. The quantitative estimate of drug-likeness (QED) is 0.577. The maximum absolute atomic E-state index is 12.1. The van der Waals surface area contributed by atoms with Crippen molar-refractivity contribution in [2.45, 2.75) is 39.5 Å².